The highest BCUT2D eigenvalue weighted by atomic mass is 16.5. The van der Waals surface area contributed by atoms with Crippen LogP contribution >= 0.6 is 0 Å². The summed E-state index contributed by atoms with van der Waals surface area (Å²) in [6, 6.07) is 6.16. The van der Waals surface area contributed by atoms with E-state index in [2.05, 4.69) is 12.1 Å². The van der Waals surface area contributed by atoms with Crippen LogP contribution in [0.2, 0.25) is 0 Å². The average Bonchev–Trinajstić information content (AvgIpc) is 3.00. The minimum atomic E-state index is -0.353. The summed E-state index contributed by atoms with van der Waals surface area (Å²) in [5.74, 6) is 1.00. The molecule has 1 aliphatic heterocycles. The van der Waals surface area contributed by atoms with Gasteiger partial charge in [-0.3, -0.25) is 4.79 Å². The van der Waals surface area contributed by atoms with Gasteiger partial charge in [0.25, 0.3) is 5.91 Å². The summed E-state index contributed by atoms with van der Waals surface area (Å²) in [5.41, 5.74) is 2.77. The van der Waals surface area contributed by atoms with Crippen LogP contribution in [-0.4, -0.2) is 41.7 Å². The molecule has 0 saturated carbocycles. The second kappa shape index (κ2) is 6.69. The lowest BCUT2D eigenvalue weighted by molar-refractivity contribution is -0.136. The second-order valence-corrected chi connectivity index (χ2v) is 6.56. The van der Waals surface area contributed by atoms with E-state index in [4.69, 9.17) is 4.74 Å². The Labute approximate surface area is 132 Å². The number of benzene rings is 1. The largest absolute Gasteiger partial charge is 0.484 e. The fourth-order valence-corrected chi connectivity index (χ4v) is 3.50. The Bertz CT molecular complexity index is 541. The molecule has 1 heterocycles. The molecular formula is C18H25NO3. The first-order valence-electron chi connectivity index (χ1n) is 8.34. The zero-order valence-corrected chi connectivity index (χ0v) is 13.3. The van der Waals surface area contributed by atoms with E-state index >= 15 is 0 Å². The summed E-state index contributed by atoms with van der Waals surface area (Å²) in [7, 11) is 0. The molecule has 4 heteroatoms. The molecule has 1 aromatic rings. The molecule has 2 aliphatic rings. The van der Waals surface area contributed by atoms with Crippen LogP contribution in [0.25, 0.3) is 0 Å². The van der Waals surface area contributed by atoms with Gasteiger partial charge in [-0.05, 0) is 62.3 Å². The van der Waals surface area contributed by atoms with Crippen molar-refractivity contribution in [3.05, 3.63) is 29.3 Å². The summed E-state index contributed by atoms with van der Waals surface area (Å²) >= 11 is 0. The number of carbonyl (C=O) groups is 1. The van der Waals surface area contributed by atoms with Crippen LogP contribution in [0.15, 0.2) is 18.2 Å². The number of amides is 1. The molecule has 1 amide bonds. The molecule has 1 N–H and O–H groups in total. The highest BCUT2D eigenvalue weighted by Gasteiger charge is 2.26. The molecule has 22 heavy (non-hydrogen) atoms. The molecule has 120 valence electrons. The lowest BCUT2D eigenvalue weighted by atomic mass is 9.93. The zero-order chi connectivity index (χ0) is 15.5. The Morgan fingerprint density at radius 3 is 3.00 bits per heavy atom. The number of rotatable bonds is 4. The number of aliphatic hydroxyl groups excluding tert-OH is 1. The number of carbonyl (C=O) groups excluding carboxylic acids is 1. The topological polar surface area (TPSA) is 49.8 Å². The molecule has 0 radical (unpaired) electrons. The van der Waals surface area contributed by atoms with Crippen molar-refractivity contribution in [2.24, 2.45) is 5.92 Å². The summed E-state index contributed by atoms with van der Waals surface area (Å²) < 4.78 is 5.69. The third-order valence-electron chi connectivity index (χ3n) is 4.93. The highest BCUT2D eigenvalue weighted by Crippen LogP contribution is 2.26. The van der Waals surface area contributed by atoms with E-state index < -0.39 is 0 Å². The maximum Gasteiger partial charge on any atom is 0.260 e. The van der Waals surface area contributed by atoms with Crippen LogP contribution in [0.5, 0.6) is 5.75 Å². The predicted molar refractivity (Wildman–Crippen MR) is 84.9 cm³/mol. The summed E-state index contributed by atoms with van der Waals surface area (Å²) in [5, 5.41) is 9.70. The molecule has 0 spiro atoms. The van der Waals surface area contributed by atoms with E-state index in [1.807, 2.05) is 11.0 Å². The quantitative estimate of drug-likeness (QED) is 0.927. The van der Waals surface area contributed by atoms with E-state index in [0.29, 0.717) is 6.54 Å². The molecule has 1 saturated heterocycles. The van der Waals surface area contributed by atoms with Gasteiger partial charge < -0.3 is 14.7 Å². The zero-order valence-electron chi connectivity index (χ0n) is 13.3. The Hall–Kier alpha value is -1.55. The van der Waals surface area contributed by atoms with Crippen molar-refractivity contribution >= 4 is 5.91 Å². The van der Waals surface area contributed by atoms with Crippen molar-refractivity contribution < 1.29 is 14.6 Å². The molecule has 4 nitrogen and oxygen atoms in total. The van der Waals surface area contributed by atoms with E-state index in [-0.39, 0.29) is 24.5 Å². The first-order chi connectivity index (χ1) is 10.6. The number of hydrogen-bond acceptors (Lipinski definition) is 3. The van der Waals surface area contributed by atoms with Crippen molar-refractivity contribution in [3.63, 3.8) is 0 Å². The van der Waals surface area contributed by atoms with Crippen molar-refractivity contribution in [3.8, 4) is 5.75 Å². The molecule has 1 aromatic carbocycles. The van der Waals surface area contributed by atoms with Crippen molar-refractivity contribution in [2.75, 3.05) is 19.7 Å². The molecule has 2 unspecified atom stereocenters. The number of fused-ring (bicyclic) bond motifs is 1. The third kappa shape index (κ3) is 3.43. The lowest BCUT2D eigenvalue weighted by Crippen LogP contribution is -2.44. The summed E-state index contributed by atoms with van der Waals surface area (Å²) in [6.07, 6.45) is 5.08. The second-order valence-electron chi connectivity index (χ2n) is 6.56. The standard InChI is InChI=1S/C18H25NO3/c1-13(20)16-6-3-9-19(11-16)18(21)12-22-17-8-7-14-4-2-5-15(14)10-17/h7-8,10,13,16,20H,2-6,9,11-12H2,1H3. The van der Waals surface area contributed by atoms with Crippen molar-refractivity contribution in [2.45, 2.75) is 45.1 Å². The first-order valence-corrected chi connectivity index (χ1v) is 8.34. The van der Waals surface area contributed by atoms with E-state index in [1.54, 1.807) is 6.92 Å². The molecular weight excluding hydrogens is 278 g/mol. The van der Waals surface area contributed by atoms with Gasteiger partial charge in [-0.2, -0.15) is 0 Å². The van der Waals surface area contributed by atoms with E-state index in [1.165, 1.54) is 17.5 Å². The minimum absolute atomic E-state index is 0.0193. The van der Waals surface area contributed by atoms with Gasteiger partial charge in [0.1, 0.15) is 5.75 Å². The van der Waals surface area contributed by atoms with Crippen LogP contribution in [0.4, 0.5) is 0 Å². The molecule has 1 aliphatic carbocycles. The van der Waals surface area contributed by atoms with E-state index in [9.17, 15) is 9.90 Å². The SMILES string of the molecule is CC(O)C1CCCN(C(=O)COc2ccc3c(c2)CCC3)C1. The van der Waals surface area contributed by atoms with Crippen LogP contribution in [0.3, 0.4) is 0 Å². The van der Waals surface area contributed by atoms with Crippen LogP contribution in [-0.2, 0) is 17.6 Å². The van der Waals surface area contributed by atoms with Gasteiger partial charge >= 0.3 is 0 Å². The number of likely N-dealkylation sites (tertiary alicyclic amines) is 1. The monoisotopic (exact) mass is 303 g/mol. The van der Waals surface area contributed by atoms with Gasteiger partial charge in [-0.15, -0.1) is 0 Å². The molecule has 1 fully saturated rings. The number of aliphatic hydroxyl groups is 1. The Morgan fingerprint density at radius 1 is 1.36 bits per heavy atom. The van der Waals surface area contributed by atoms with E-state index in [0.717, 1.165) is 38.0 Å². The lowest BCUT2D eigenvalue weighted by Gasteiger charge is -2.34. The Kier molecular flexibility index (Phi) is 4.67. The summed E-state index contributed by atoms with van der Waals surface area (Å²) in [4.78, 5) is 14.1. The highest BCUT2D eigenvalue weighted by molar-refractivity contribution is 5.77. The van der Waals surface area contributed by atoms with Gasteiger partial charge in [0.05, 0.1) is 6.10 Å². The maximum atomic E-state index is 12.3. The number of ether oxygens (including phenoxy) is 1. The fourth-order valence-electron chi connectivity index (χ4n) is 3.50. The summed E-state index contributed by atoms with van der Waals surface area (Å²) in [6.45, 7) is 3.31. The van der Waals surface area contributed by atoms with Gasteiger partial charge in [0.2, 0.25) is 0 Å². The minimum Gasteiger partial charge on any atom is -0.484 e. The first kappa shape index (κ1) is 15.3. The van der Waals surface area contributed by atoms with Crippen molar-refractivity contribution in [1.82, 2.24) is 4.90 Å². The van der Waals surface area contributed by atoms with Gasteiger partial charge in [0.15, 0.2) is 6.61 Å². The number of hydrogen-bond donors (Lipinski definition) is 1. The number of nitrogens with zero attached hydrogens (tertiary/aromatic N) is 1. The fraction of sp³-hybridized carbons (Fsp3) is 0.611. The Balaban J connectivity index is 1.53. The molecule has 0 aromatic heterocycles. The maximum absolute atomic E-state index is 12.3. The normalized spacial score (nSPS) is 22.3. The molecule has 3 rings (SSSR count). The Morgan fingerprint density at radius 2 is 2.18 bits per heavy atom. The van der Waals surface area contributed by atoms with Crippen molar-refractivity contribution in [1.29, 1.82) is 0 Å². The molecule has 2 atom stereocenters. The number of piperidine rings is 1. The third-order valence-corrected chi connectivity index (χ3v) is 4.93. The predicted octanol–water partition coefficient (Wildman–Crippen LogP) is 2.17. The van der Waals surface area contributed by atoms with Crippen LogP contribution < -0.4 is 4.74 Å². The number of aryl methyl sites for hydroxylation is 2. The molecule has 0 bridgehead atoms. The van der Waals surface area contributed by atoms with Gasteiger partial charge in [-0.1, -0.05) is 6.07 Å². The van der Waals surface area contributed by atoms with Gasteiger partial charge in [-0.25, -0.2) is 0 Å². The average molecular weight is 303 g/mol. The van der Waals surface area contributed by atoms with Gasteiger partial charge in [0, 0.05) is 19.0 Å². The van der Waals surface area contributed by atoms with Crippen LogP contribution in [0.1, 0.15) is 37.3 Å². The van der Waals surface area contributed by atoms with Crippen LogP contribution in [0, 0.1) is 5.92 Å². The smallest absolute Gasteiger partial charge is 0.260 e.